The largest absolute Gasteiger partial charge is 0.386 e. The summed E-state index contributed by atoms with van der Waals surface area (Å²) in [4.78, 5) is 0. The quantitative estimate of drug-likeness (QED) is 0.745. The molecule has 0 spiro atoms. The summed E-state index contributed by atoms with van der Waals surface area (Å²) < 4.78 is 1.73. The third-order valence-corrected chi connectivity index (χ3v) is 2.36. The lowest BCUT2D eigenvalue weighted by atomic mass is 10.1. The average Bonchev–Trinajstić information content (AvgIpc) is 2.45. The first-order valence-electron chi connectivity index (χ1n) is 4.89. The van der Waals surface area contributed by atoms with Crippen molar-refractivity contribution < 1.29 is 5.11 Å². The van der Waals surface area contributed by atoms with Crippen LogP contribution < -0.4 is 0 Å². The molecule has 1 rings (SSSR count). The van der Waals surface area contributed by atoms with Crippen LogP contribution in [0.25, 0.3) is 0 Å². The summed E-state index contributed by atoms with van der Waals surface area (Å²) in [5, 5.41) is 14.1. The van der Waals surface area contributed by atoms with Crippen molar-refractivity contribution >= 4 is 0 Å². The number of aryl methyl sites for hydroxylation is 2. The highest BCUT2D eigenvalue weighted by molar-refractivity contribution is 5.13. The maximum Gasteiger partial charge on any atom is 0.0993 e. The fourth-order valence-electron chi connectivity index (χ4n) is 1.46. The highest BCUT2D eigenvalue weighted by Gasteiger charge is 2.13. The van der Waals surface area contributed by atoms with E-state index in [9.17, 15) is 5.11 Å². The normalized spacial score (nSPS) is 12.9. The SMILES string of the molecule is C=C(CC)CC(O)c1cc(C)nn1C. The Morgan fingerprint density at radius 3 is 2.79 bits per heavy atom. The minimum absolute atomic E-state index is 0.478. The van der Waals surface area contributed by atoms with Crippen LogP contribution >= 0.6 is 0 Å². The number of hydrogen-bond acceptors (Lipinski definition) is 2. The Morgan fingerprint density at radius 2 is 2.36 bits per heavy atom. The Balaban J connectivity index is 2.73. The molecule has 1 N–H and O–H groups in total. The molecule has 0 bridgehead atoms. The van der Waals surface area contributed by atoms with E-state index < -0.39 is 6.10 Å². The second kappa shape index (κ2) is 4.42. The Kier molecular flexibility index (Phi) is 3.47. The van der Waals surface area contributed by atoms with Gasteiger partial charge in [-0.15, -0.1) is 0 Å². The molecule has 78 valence electrons. The first-order valence-corrected chi connectivity index (χ1v) is 4.89. The van der Waals surface area contributed by atoms with Gasteiger partial charge in [0.05, 0.1) is 17.5 Å². The van der Waals surface area contributed by atoms with Gasteiger partial charge in [0, 0.05) is 7.05 Å². The lowest BCUT2D eigenvalue weighted by Gasteiger charge is -2.11. The van der Waals surface area contributed by atoms with Crippen molar-refractivity contribution in [3.8, 4) is 0 Å². The number of aromatic nitrogens is 2. The number of rotatable bonds is 4. The average molecular weight is 194 g/mol. The molecule has 0 aliphatic heterocycles. The van der Waals surface area contributed by atoms with Crippen LogP contribution in [0.2, 0.25) is 0 Å². The number of nitrogens with zero attached hydrogens (tertiary/aromatic N) is 2. The van der Waals surface area contributed by atoms with Gasteiger partial charge in [0.25, 0.3) is 0 Å². The fourth-order valence-corrected chi connectivity index (χ4v) is 1.46. The third kappa shape index (κ3) is 2.45. The molecule has 14 heavy (non-hydrogen) atoms. The van der Waals surface area contributed by atoms with E-state index in [0.717, 1.165) is 23.4 Å². The molecule has 1 aromatic heterocycles. The zero-order valence-corrected chi connectivity index (χ0v) is 9.12. The lowest BCUT2D eigenvalue weighted by Crippen LogP contribution is -2.05. The molecule has 1 unspecified atom stereocenters. The first kappa shape index (κ1) is 11.0. The Hall–Kier alpha value is -1.09. The molecule has 3 nitrogen and oxygen atoms in total. The molecule has 0 aliphatic carbocycles. The van der Waals surface area contributed by atoms with E-state index >= 15 is 0 Å². The van der Waals surface area contributed by atoms with Gasteiger partial charge in [-0.1, -0.05) is 19.1 Å². The molecule has 0 radical (unpaired) electrons. The van der Waals surface area contributed by atoms with Crippen molar-refractivity contribution in [2.45, 2.75) is 32.8 Å². The van der Waals surface area contributed by atoms with Crippen molar-refractivity contribution in [3.05, 3.63) is 29.6 Å². The third-order valence-electron chi connectivity index (χ3n) is 2.36. The van der Waals surface area contributed by atoms with Gasteiger partial charge in [-0.2, -0.15) is 5.10 Å². The zero-order chi connectivity index (χ0) is 10.7. The summed E-state index contributed by atoms with van der Waals surface area (Å²) in [5.74, 6) is 0. The smallest absolute Gasteiger partial charge is 0.0993 e. The van der Waals surface area contributed by atoms with Crippen molar-refractivity contribution in [1.29, 1.82) is 0 Å². The zero-order valence-electron chi connectivity index (χ0n) is 9.12. The van der Waals surface area contributed by atoms with Crippen LogP contribution in [0.1, 0.15) is 37.3 Å². The fraction of sp³-hybridized carbons (Fsp3) is 0.545. The predicted molar refractivity (Wildman–Crippen MR) is 57.0 cm³/mol. The van der Waals surface area contributed by atoms with Gasteiger partial charge < -0.3 is 5.11 Å². The molecule has 1 atom stereocenters. The molecule has 0 saturated heterocycles. The van der Waals surface area contributed by atoms with Gasteiger partial charge in [-0.3, -0.25) is 4.68 Å². The summed E-state index contributed by atoms with van der Waals surface area (Å²) >= 11 is 0. The molecule has 0 aromatic carbocycles. The second-order valence-corrected chi connectivity index (χ2v) is 3.66. The van der Waals surface area contributed by atoms with Crippen molar-refractivity contribution in [2.75, 3.05) is 0 Å². The second-order valence-electron chi connectivity index (χ2n) is 3.66. The molecular weight excluding hydrogens is 176 g/mol. The summed E-state index contributed by atoms with van der Waals surface area (Å²) in [6.07, 6.45) is 1.05. The van der Waals surface area contributed by atoms with Crippen LogP contribution in [-0.2, 0) is 7.05 Å². The predicted octanol–water partition coefficient (Wildman–Crippen LogP) is 2.12. The van der Waals surface area contributed by atoms with Gasteiger partial charge in [-0.05, 0) is 25.8 Å². The summed E-state index contributed by atoms with van der Waals surface area (Å²) in [6, 6.07) is 1.91. The maximum absolute atomic E-state index is 9.89. The molecule has 1 heterocycles. The molecule has 0 aliphatic rings. The van der Waals surface area contributed by atoms with E-state index in [4.69, 9.17) is 0 Å². The van der Waals surface area contributed by atoms with Crippen LogP contribution in [0.15, 0.2) is 18.2 Å². The maximum atomic E-state index is 9.89. The summed E-state index contributed by atoms with van der Waals surface area (Å²) in [7, 11) is 1.85. The first-order chi connectivity index (χ1) is 6.54. The summed E-state index contributed by atoms with van der Waals surface area (Å²) in [5.41, 5.74) is 2.86. The highest BCUT2D eigenvalue weighted by atomic mass is 16.3. The van der Waals surface area contributed by atoms with Crippen LogP contribution in [0, 0.1) is 6.92 Å². The van der Waals surface area contributed by atoms with Crippen molar-refractivity contribution in [3.63, 3.8) is 0 Å². The van der Waals surface area contributed by atoms with Gasteiger partial charge >= 0.3 is 0 Å². The van der Waals surface area contributed by atoms with Gasteiger partial charge in [0.1, 0.15) is 0 Å². The topological polar surface area (TPSA) is 38.1 Å². The van der Waals surface area contributed by atoms with E-state index in [1.54, 1.807) is 4.68 Å². The van der Waals surface area contributed by atoms with E-state index in [0.29, 0.717) is 6.42 Å². The monoisotopic (exact) mass is 194 g/mol. The summed E-state index contributed by atoms with van der Waals surface area (Å²) in [6.45, 7) is 7.85. The molecule has 1 aromatic rings. The standard InChI is InChI=1S/C11H18N2O/c1-5-8(2)6-11(14)10-7-9(3)12-13(10)4/h7,11,14H,2,5-6H2,1,3-4H3. The molecule has 3 heteroatoms. The van der Waals surface area contributed by atoms with E-state index in [2.05, 4.69) is 11.7 Å². The van der Waals surface area contributed by atoms with E-state index in [1.807, 2.05) is 27.0 Å². The Labute approximate surface area is 85.1 Å². The highest BCUT2D eigenvalue weighted by Crippen LogP contribution is 2.21. The van der Waals surface area contributed by atoms with Crippen LogP contribution in [0.3, 0.4) is 0 Å². The van der Waals surface area contributed by atoms with Gasteiger partial charge in [-0.25, -0.2) is 0 Å². The molecule has 0 fully saturated rings. The van der Waals surface area contributed by atoms with Crippen LogP contribution in [0.5, 0.6) is 0 Å². The van der Waals surface area contributed by atoms with Gasteiger partial charge in [0.2, 0.25) is 0 Å². The van der Waals surface area contributed by atoms with E-state index in [1.165, 1.54) is 0 Å². The van der Waals surface area contributed by atoms with Crippen molar-refractivity contribution in [1.82, 2.24) is 9.78 Å². The Morgan fingerprint density at radius 1 is 1.71 bits per heavy atom. The minimum Gasteiger partial charge on any atom is -0.386 e. The number of hydrogen-bond donors (Lipinski definition) is 1. The molecule has 0 amide bonds. The van der Waals surface area contributed by atoms with Crippen LogP contribution in [0.4, 0.5) is 0 Å². The van der Waals surface area contributed by atoms with E-state index in [-0.39, 0.29) is 0 Å². The minimum atomic E-state index is -0.478. The molecule has 0 saturated carbocycles. The van der Waals surface area contributed by atoms with Crippen molar-refractivity contribution in [2.24, 2.45) is 7.05 Å². The lowest BCUT2D eigenvalue weighted by molar-refractivity contribution is 0.167. The molecular formula is C11H18N2O. The number of aliphatic hydroxyl groups is 1. The van der Waals surface area contributed by atoms with Crippen LogP contribution in [-0.4, -0.2) is 14.9 Å². The number of aliphatic hydroxyl groups excluding tert-OH is 1. The van der Waals surface area contributed by atoms with Gasteiger partial charge in [0.15, 0.2) is 0 Å². The Bertz CT molecular complexity index is 328.